The quantitative estimate of drug-likeness (QED) is 0.389. The van der Waals surface area contributed by atoms with Crippen molar-refractivity contribution in [2.45, 2.75) is 63.1 Å². The maximum atomic E-state index is 14.4. The Hall–Kier alpha value is -3.12. The molecule has 2 fully saturated rings. The van der Waals surface area contributed by atoms with Gasteiger partial charge < -0.3 is 24.0 Å². The van der Waals surface area contributed by atoms with E-state index in [2.05, 4.69) is 38.3 Å². The van der Waals surface area contributed by atoms with Crippen molar-refractivity contribution in [2.75, 3.05) is 57.7 Å². The summed E-state index contributed by atoms with van der Waals surface area (Å²) in [5, 5.41) is 0.743. The molecular weight excluding hydrogens is 664 g/mol. The molecule has 1 spiro atoms. The topological polar surface area (TPSA) is 110 Å². The number of hydrogen-bond acceptors (Lipinski definition) is 7. The number of ether oxygens (including phenoxy) is 3. The summed E-state index contributed by atoms with van der Waals surface area (Å²) in [5.41, 5.74) is 3.44. The Morgan fingerprint density at radius 2 is 1.96 bits per heavy atom. The van der Waals surface area contributed by atoms with Crippen molar-refractivity contribution in [1.82, 2.24) is 9.62 Å². The van der Waals surface area contributed by atoms with Crippen LogP contribution in [0.5, 0.6) is 5.75 Å². The number of likely N-dealkylation sites (tertiary alicyclic amines) is 1. The number of carbonyl (C=O) groups is 2. The first-order chi connectivity index (χ1) is 23.6. The molecule has 1 saturated carbocycles. The van der Waals surface area contributed by atoms with Crippen LogP contribution >= 0.6 is 11.6 Å². The van der Waals surface area contributed by atoms with E-state index in [9.17, 15) is 13.8 Å². The van der Waals surface area contributed by atoms with Crippen LogP contribution < -0.4 is 14.4 Å². The van der Waals surface area contributed by atoms with Gasteiger partial charge >= 0.3 is 6.03 Å². The molecule has 2 aromatic rings. The largest absolute Gasteiger partial charge is 0.490 e. The molecular formula is C37H47ClN4O6S. The lowest BCUT2D eigenvalue weighted by Crippen LogP contribution is -2.58. The normalized spacial score (nSPS) is 32.4. The van der Waals surface area contributed by atoms with E-state index in [0.29, 0.717) is 49.3 Å². The second-order valence-electron chi connectivity index (χ2n) is 14.6. The van der Waals surface area contributed by atoms with Crippen molar-refractivity contribution in [2.24, 2.45) is 22.1 Å². The number of carbonyl (C=O) groups excluding carboxylic acids is 2. The number of aryl methyl sites for hydroxylation is 1. The highest BCUT2D eigenvalue weighted by Gasteiger charge is 2.44. The van der Waals surface area contributed by atoms with Crippen LogP contribution in [0.3, 0.4) is 0 Å². The van der Waals surface area contributed by atoms with Gasteiger partial charge in [0.05, 0.1) is 43.3 Å². The van der Waals surface area contributed by atoms with Crippen LogP contribution in [0.1, 0.15) is 60.5 Å². The minimum atomic E-state index is -3.47. The zero-order valence-corrected chi connectivity index (χ0v) is 30.1. The average molecular weight is 711 g/mol. The highest BCUT2D eigenvalue weighted by atomic mass is 35.5. The number of anilines is 1. The molecule has 5 aliphatic rings. The number of nitrogens with one attached hydrogen (secondary N) is 1. The molecule has 2 bridgehead atoms. The molecule has 0 unspecified atom stereocenters. The molecule has 10 nitrogen and oxygen atoms in total. The van der Waals surface area contributed by atoms with Crippen LogP contribution in [0.25, 0.3) is 0 Å². The van der Waals surface area contributed by atoms with Gasteiger partial charge in [-0.15, -0.1) is 4.36 Å². The monoisotopic (exact) mass is 710 g/mol. The minimum absolute atomic E-state index is 0.0339. The number of fused-ring (bicyclic) bond motifs is 4. The Balaban J connectivity index is 1.28. The molecule has 0 aromatic heterocycles. The van der Waals surface area contributed by atoms with Crippen LogP contribution in [0, 0.1) is 17.8 Å². The van der Waals surface area contributed by atoms with Gasteiger partial charge in [0, 0.05) is 43.3 Å². The molecule has 3 aliphatic heterocycles. The highest BCUT2D eigenvalue weighted by molar-refractivity contribution is 7.92. The standard InChI is InChI=1S/C37H47ClN4O6S/c1-24-6-4-8-33(47-3)30-12-9-27(30)18-42-22-37(15-5-7-25-16-28(38)11-13-31(25)37)23-48-34-14-10-26(17-32(34)42)35(43)39-49(45,21-24)40-36(44)41-19-29(20-41)46-2/h4,8,10-11,13-14,16-17,24,27,29-30,33H,5-7,9,12,15,18-23H2,1-3H3,(H,39,40,43,44,45)/b8-4+/t24-,27-,30+,33-,37-,49-/m0/s1. The van der Waals surface area contributed by atoms with E-state index >= 15 is 0 Å². The molecule has 3 heterocycles. The molecule has 0 radical (unpaired) electrons. The average Bonchev–Trinajstić information content (AvgIpc) is 3.18. The van der Waals surface area contributed by atoms with Gasteiger partial charge in [0.15, 0.2) is 0 Å². The number of benzene rings is 2. The van der Waals surface area contributed by atoms with Crippen molar-refractivity contribution < 1.29 is 28.0 Å². The first-order valence-electron chi connectivity index (χ1n) is 17.5. The third-order valence-electron chi connectivity index (χ3n) is 11.2. The SMILES string of the molecule is COC1CN(C(=O)N[S@@]2(=O)=NC(=O)c3ccc4c(c3)N(C[C@@H]3CC[C@H]3[C@@H](OC)/C=C/C[C@H](C)C2)C[C@@]2(CCCc3cc(Cl)ccc32)CO4)C1. The summed E-state index contributed by atoms with van der Waals surface area (Å²) < 4.78 is 39.3. The number of halogens is 1. The lowest BCUT2D eigenvalue weighted by molar-refractivity contribution is -0.00645. The van der Waals surface area contributed by atoms with Crippen LogP contribution in [0.4, 0.5) is 10.5 Å². The fourth-order valence-electron chi connectivity index (χ4n) is 8.32. The predicted molar refractivity (Wildman–Crippen MR) is 191 cm³/mol. The van der Waals surface area contributed by atoms with Gasteiger partial charge in [-0.2, -0.15) is 0 Å². The van der Waals surface area contributed by atoms with E-state index < -0.39 is 21.9 Å². The number of hydrogen-bond donors (Lipinski definition) is 1. The van der Waals surface area contributed by atoms with Crippen LogP contribution in [0.2, 0.25) is 5.02 Å². The van der Waals surface area contributed by atoms with E-state index in [4.69, 9.17) is 25.8 Å². The first-order valence-corrected chi connectivity index (χ1v) is 19.5. The van der Waals surface area contributed by atoms with Crippen LogP contribution in [0.15, 0.2) is 52.9 Å². The molecule has 12 heteroatoms. The number of nitrogens with zero attached hydrogens (tertiary/aromatic N) is 3. The number of amides is 3. The minimum Gasteiger partial charge on any atom is -0.490 e. The summed E-state index contributed by atoms with van der Waals surface area (Å²) in [6, 6.07) is 11.1. The second kappa shape index (κ2) is 13.9. The molecule has 1 N–H and O–H groups in total. The van der Waals surface area contributed by atoms with E-state index in [1.807, 2.05) is 25.1 Å². The lowest BCUT2D eigenvalue weighted by Gasteiger charge is -2.46. The predicted octanol–water partition coefficient (Wildman–Crippen LogP) is 6.01. The van der Waals surface area contributed by atoms with Gasteiger partial charge in [-0.05, 0) is 97.7 Å². The molecule has 3 amide bonds. The van der Waals surface area contributed by atoms with Crippen LogP contribution in [-0.4, -0.2) is 86.0 Å². The summed E-state index contributed by atoms with van der Waals surface area (Å²) in [4.78, 5) is 31.0. The Morgan fingerprint density at radius 1 is 1.12 bits per heavy atom. The third kappa shape index (κ3) is 6.96. The van der Waals surface area contributed by atoms with E-state index in [-0.39, 0.29) is 29.3 Å². The van der Waals surface area contributed by atoms with Gasteiger partial charge in [-0.25, -0.2) is 9.00 Å². The van der Waals surface area contributed by atoms with Gasteiger partial charge in [-0.3, -0.25) is 9.52 Å². The fourth-order valence-corrected chi connectivity index (χ4v) is 10.4. The lowest BCUT2D eigenvalue weighted by atomic mass is 9.68. The number of allylic oxidation sites excluding steroid dienone is 1. The molecule has 49 heavy (non-hydrogen) atoms. The van der Waals surface area contributed by atoms with Gasteiger partial charge in [0.1, 0.15) is 15.7 Å². The Labute approximate surface area is 294 Å². The number of urea groups is 1. The fraction of sp³-hybridized carbons (Fsp3) is 0.568. The molecule has 2 aromatic carbocycles. The number of rotatable bonds is 3. The summed E-state index contributed by atoms with van der Waals surface area (Å²) >= 11 is 6.45. The summed E-state index contributed by atoms with van der Waals surface area (Å²) in [7, 11) is -0.0995. The maximum absolute atomic E-state index is 14.4. The Kier molecular flexibility index (Phi) is 9.73. The van der Waals surface area contributed by atoms with Crippen molar-refractivity contribution in [1.29, 1.82) is 0 Å². The zero-order valence-electron chi connectivity index (χ0n) is 28.6. The molecule has 1 saturated heterocycles. The summed E-state index contributed by atoms with van der Waals surface area (Å²) in [6.07, 6.45) is 9.89. The molecule has 6 atom stereocenters. The smallest absolute Gasteiger partial charge is 0.330 e. The van der Waals surface area contributed by atoms with Crippen LogP contribution in [-0.2, 0) is 31.2 Å². The first kappa shape index (κ1) is 34.3. The maximum Gasteiger partial charge on any atom is 0.330 e. The number of methoxy groups -OCH3 is 2. The van der Waals surface area contributed by atoms with Crippen molar-refractivity contribution >= 4 is 39.1 Å². The van der Waals surface area contributed by atoms with Crippen molar-refractivity contribution in [3.8, 4) is 5.75 Å². The molecule has 264 valence electrons. The highest BCUT2D eigenvalue weighted by Crippen LogP contribution is 2.47. The van der Waals surface area contributed by atoms with E-state index in [1.54, 1.807) is 20.3 Å². The molecule has 2 aliphatic carbocycles. The summed E-state index contributed by atoms with van der Waals surface area (Å²) in [5.74, 6) is 0.745. The summed E-state index contributed by atoms with van der Waals surface area (Å²) in [6.45, 7) is 4.77. The van der Waals surface area contributed by atoms with E-state index in [1.165, 1.54) is 16.0 Å². The van der Waals surface area contributed by atoms with E-state index in [0.717, 1.165) is 55.9 Å². The zero-order chi connectivity index (χ0) is 34.3. The van der Waals surface area contributed by atoms with Gasteiger partial charge in [0.25, 0.3) is 5.91 Å². The van der Waals surface area contributed by atoms with Crippen molar-refractivity contribution in [3.05, 3.63) is 70.3 Å². The van der Waals surface area contributed by atoms with Gasteiger partial charge in [-0.1, -0.05) is 36.7 Å². The molecule has 7 rings (SSSR count). The van der Waals surface area contributed by atoms with Gasteiger partial charge in [0.2, 0.25) is 0 Å². The Morgan fingerprint density at radius 3 is 2.71 bits per heavy atom. The second-order valence-corrected chi connectivity index (χ2v) is 17.1. The Bertz CT molecular complexity index is 1750. The third-order valence-corrected chi connectivity index (χ3v) is 13.4. The van der Waals surface area contributed by atoms with Crippen molar-refractivity contribution in [3.63, 3.8) is 0 Å².